The highest BCUT2D eigenvalue weighted by molar-refractivity contribution is 7.13. The number of carboxylic acids is 1. The molecular weight excluding hydrogens is 276 g/mol. The average Bonchev–Trinajstić information content (AvgIpc) is 2.77. The third-order valence-corrected chi connectivity index (χ3v) is 3.86. The highest BCUT2D eigenvalue weighted by Gasteiger charge is 2.14. The van der Waals surface area contributed by atoms with Crippen LogP contribution in [-0.4, -0.2) is 22.0 Å². The predicted molar refractivity (Wildman–Crippen MR) is 76.2 cm³/mol. The van der Waals surface area contributed by atoms with Gasteiger partial charge in [0.05, 0.1) is 12.2 Å². The van der Waals surface area contributed by atoms with Crippen LogP contribution in [0.15, 0.2) is 24.3 Å². The van der Waals surface area contributed by atoms with Crippen molar-refractivity contribution in [2.24, 2.45) is 0 Å². The van der Waals surface area contributed by atoms with Crippen LogP contribution in [0.3, 0.4) is 0 Å². The van der Waals surface area contributed by atoms with Gasteiger partial charge in [0, 0.05) is 5.56 Å². The van der Waals surface area contributed by atoms with E-state index in [9.17, 15) is 9.59 Å². The molecule has 0 radical (unpaired) electrons. The number of thiazole rings is 1. The minimum Gasteiger partial charge on any atom is -0.477 e. The van der Waals surface area contributed by atoms with Crippen LogP contribution < -0.4 is 5.32 Å². The first-order valence-electron chi connectivity index (χ1n) is 6.02. The van der Waals surface area contributed by atoms with Gasteiger partial charge in [-0.3, -0.25) is 4.79 Å². The SMILES string of the molecule is Cc1cccc(C(=O)NCc2nc(C)c(C(=O)O)s2)c1. The van der Waals surface area contributed by atoms with Crippen molar-refractivity contribution < 1.29 is 14.7 Å². The van der Waals surface area contributed by atoms with E-state index < -0.39 is 5.97 Å². The number of carbonyl (C=O) groups excluding carboxylic acids is 1. The van der Waals surface area contributed by atoms with Gasteiger partial charge in [-0.25, -0.2) is 9.78 Å². The maximum atomic E-state index is 11.9. The number of hydrogen-bond donors (Lipinski definition) is 2. The molecule has 6 heteroatoms. The van der Waals surface area contributed by atoms with Crippen LogP contribution in [0.5, 0.6) is 0 Å². The number of benzene rings is 1. The van der Waals surface area contributed by atoms with E-state index >= 15 is 0 Å². The molecular formula is C14H14N2O3S. The molecule has 1 heterocycles. The van der Waals surface area contributed by atoms with E-state index in [1.54, 1.807) is 19.1 Å². The smallest absolute Gasteiger partial charge is 0.347 e. The molecule has 2 N–H and O–H groups in total. The molecule has 1 aromatic carbocycles. The monoisotopic (exact) mass is 290 g/mol. The van der Waals surface area contributed by atoms with Crippen molar-refractivity contribution in [2.45, 2.75) is 20.4 Å². The van der Waals surface area contributed by atoms with Crippen LogP contribution in [0.2, 0.25) is 0 Å². The quantitative estimate of drug-likeness (QED) is 0.906. The van der Waals surface area contributed by atoms with Crippen molar-refractivity contribution in [3.05, 3.63) is 51.0 Å². The molecule has 0 saturated heterocycles. The summed E-state index contributed by atoms with van der Waals surface area (Å²) in [5, 5.41) is 12.3. The van der Waals surface area contributed by atoms with Crippen molar-refractivity contribution in [2.75, 3.05) is 0 Å². The average molecular weight is 290 g/mol. The normalized spacial score (nSPS) is 10.3. The number of nitrogens with one attached hydrogen (secondary N) is 1. The molecule has 104 valence electrons. The van der Waals surface area contributed by atoms with Gasteiger partial charge >= 0.3 is 5.97 Å². The summed E-state index contributed by atoms with van der Waals surface area (Å²) in [5.74, 6) is -1.19. The largest absolute Gasteiger partial charge is 0.477 e. The Bertz CT molecular complexity index is 664. The lowest BCUT2D eigenvalue weighted by Crippen LogP contribution is -2.22. The first kappa shape index (κ1) is 14.2. The molecule has 0 atom stereocenters. The Morgan fingerprint density at radius 1 is 1.35 bits per heavy atom. The molecule has 20 heavy (non-hydrogen) atoms. The van der Waals surface area contributed by atoms with Crippen molar-refractivity contribution >= 4 is 23.2 Å². The summed E-state index contributed by atoms with van der Waals surface area (Å²) in [6.45, 7) is 3.79. The summed E-state index contributed by atoms with van der Waals surface area (Å²) in [5.41, 5.74) is 2.06. The number of nitrogens with zero attached hydrogens (tertiary/aromatic N) is 1. The molecule has 0 aliphatic rings. The summed E-state index contributed by atoms with van der Waals surface area (Å²) in [6.07, 6.45) is 0. The van der Waals surface area contributed by atoms with Crippen LogP contribution in [0.1, 0.15) is 36.3 Å². The Kier molecular flexibility index (Phi) is 4.14. The number of aromatic nitrogens is 1. The lowest BCUT2D eigenvalue weighted by molar-refractivity contribution is 0.0701. The van der Waals surface area contributed by atoms with Crippen LogP contribution in [0.4, 0.5) is 0 Å². The Hall–Kier alpha value is -2.21. The summed E-state index contributed by atoms with van der Waals surface area (Å²) >= 11 is 1.08. The number of aromatic carboxylic acids is 1. The number of aryl methyl sites for hydroxylation is 2. The van der Waals surface area contributed by atoms with Gasteiger partial charge in [0.25, 0.3) is 5.91 Å². The minimum absolute atomic E-state index is 0.196. The Balaban J connectivity index is 2.04. The predicted octanol–water partition coefficient (Wildman–Crippen LogP) is 2.39. The maximum Gasteiger partial charge on any atom is 0.347 e. The lowest BCUT2D eigenvalue weighted by Gasteiger charge is -2.03. The molecule has 0 unspecified atom stereocenters. The number of carbonyl (C=O) groups is 2. The van der Waals surface area contributed by atoms with E-state index in [0.29, 0.717) is 16.3 Å². The second-order valence-corrected chi connectivity index (χ2v) is 5.46. The van der Waals surface area contributed by atoms with Crippen LogP contribution in [-0.2, 0) is 6.54 Å². The third-order valence-electron chi connectivity index (χ3n) is 2.72. The van der Waals surface area contributed by atoms with Gasteiger partial charge in [-0.1, -0.05) is 17.7 Å². The fourth-order valence-corrected chi connectivity index (χ4v) is 2.61. The zero-order valence-electron chi connectivity index (χ0n) is 11.1. The number of amides is 1. The highest BCUT2D eigenvalue weighted by Crippen LogP contribution is 2.17. The van der Waals surface area contributed by atoms with Gasteiger partial charge in [-0.15, -0.1) is 11.3 Å². The maximum absolute atomic E-state index is 11.9. The summed E-state index contributed by atoms with van der Waals surface area (Å²) in [4.78, 5) is 27.2. The highest BCUT2D eigenvalue weighted by atomic mass is 32.1. The van der Waals surface area contributed by atoms with Crippen molar-refractivity contribution in [1.82, 2.24) is 10.3 Å². The first-order valence-corrected chi connectivity index (χ1v) is 6.83. The van der Waals surface area contributed by atoms with Gasteiger partial charge < -0.3 is 10.4 Å². The molecule has 0 aliphatic carbocycles. The molecule has 2 aromatic rings. The fraction of sp³-hybridized carbons (Fsp3) is 0.214. The van der Waals surface area contributed by atoms with Crippen LogP contribution in [0, 0.1) is 13.8 Å². The second kappa shape index (κ2) is 5.83. The number of hydrogen-bond acceptors (Lipinski definition) is 4. The van der Waals surface area contributed by atoms with Gasteiger partial charge in [0.15, 0.2) is 0 Å². The summed E-state index contributed by atoms with van der Waals surface area (Å²) in [7, 11) is 0. The van der Waals surface area contributed by atoms with Gasteiger partial charge in [-0.2, -0.15) is 0 Å². The number of rotatable bonds is 4. The Morgan fingerprint density at radius 2 is 2.10 bits per heavy atom. The molecule has 0 saturated carbocycles. The standard InChI is InChI=1S/C14H14N2O3S/c1-8-4-3-5-10(6-8)13(17)15-7-11-16-9(2)12(20-11)14(18)19/h3-6H,7H2,1-2H3,(H,15,17)(H,18,19). The lowest BCUT2D eigenvalue weighted by atomic mass is 10.1. The Morgan fingerprint density at radius 3 is 2.70 bits per heavy atom. The van der Waals surface area contributed by atoms with Gasteiger partial charge in [0.2, 0.25) is 0 Å². The molecule has 0 bridgehead atoms. The Labute approximate surface area is 120 Å². The molecule has 2 rings (SSSR count). The minimum atomic E-state index is -0.990. The van der Waals surface area contributed by atoms with Gasteiger partial charge in [0.1, 0.15) is 9.88 Å². The fourth-order valence-electron chi connectivity index (χ4n) is 1.77. The van der Waals surface area contributed by atoms with E-state index in [0.717, 1.165) is 16.9 Å². The van der Waals surface area contributed by atoms with Crippen molar-refractivity contribution in [1.29, 1.82) is 0 Å². The summed E-state index contributed by atoms with van der Waals surface area (Å²) in [6, 6.07) is 7.27. The second-order valence-electron chi connectivity index (χ2n) is 4.38. The van der Waals surface area contributed by atoms with E-state index in [2.05, 4.69) is 10.3 Å². The zero-order valence-corrected chi connectivity index (χ0v) is 12.0. The third kappa shape index (κ3) is 3.21. The van der Waals surface area contributed by atoms with E-state index in [-0.39, 0.29) is 17.3 Å². The molecule has 5 nitrogen and oxygen atoms in total. The molecule has 0 fully saturated rings. The zero-order chi connectivity index (χ0) is 14.7. The first-order chi connectivity index (χ1) is 9.47. The molecule has 0 spiro atoms. The molecule has 0 aliphatic heterocycles. The molecule has 1 aromatic heterocycles. The van der Waals surface area contributed by atoms with E-state index in [4.69, 9.17) is 5.11 Å². The van der Waals surface area contributed by atoms with E-state index in [1.165, 1.54) is 0 Å². The van der Waals surface area contributed by atoms with Crippen LogP contribution in [0.25, 0.3) is 0 Å². The van der Waals surface area contributed by atoms with Gasteiger partial charge in [-0.05, 0) is 26.0 Å². The van der Waals surface area contributed by atoms with E-state index in [1.807, 2.05) is 19.1 Å². The van der Waals surface area contributed by atoms with Crippen LogP contribution >= 0.6 is 11.3 Å². The summed E-state index contributed by atoms with van der Waals surface area (Å²) < 4.78 is 0. The molecule has 1 amide bonds. The van der Waals surface area contributed by atoms with Crippen molar-refractivity contribution in [3.8, 4) is 0 Å². The number of carboxylic acid groups (broad SMARTS) is 1. The topological polar surface area (TPSA) is 79.3 Å². The van der Waals surface area contributed by atoms with Crippen molar-refractivity contribution in [3.63, 3.8) is 0 Å².